The Kier molecular flexibility index (Phi) is 4.34. The standard InChI is InChI=1S/C18H16N6/c1-12-6-7-16(8-13(12)2)21-17-11-20-24-18(23-17)22-15-5-3-4-14(9-15)10-19/h3-9,11H,1-2H3,(H2,21,22,23,24). The summed E-state index contributed by atoms with van der Waals surface area (Å²) in [6, 6.07) is 15.3. The molecule has 0 saturated carbocycles. The van der Waals surface area contributed by atoms with Gasteiger partial charge in [0.1, 0.15) is 0 Å². The van der Waals surface area contributed by atoms with Gasteiger partial charge in [0.15, 0.2) is 5.82 Å². The first-order valence-electron chi connectivity index (χ1n) is 7.45. The van der Waals surface area contributed by atoms with Crippen molar-refractivity contribution in [1.29, 1.82) is 5.26 Å². The van der Waals surface area contributed by atoms with Gasteiger partial charge in [0.25, 0.3) is 0 Å². The van der Waals surface area contributed by atoms with E-state index in [2.05, 4.69) is 57.9 Å². The SMILES string of the molecule is Cc1ccc(Nc2cnnc(Nc3cccc(C#N)c3)n2)cc1C. The topological polar surface area (TPSA) is 86.5 Å². The Bertz CT molecular complexity index is 913. The van der Waals surface area contributed by atoms with Crippen molar-refractivity contribution in [2.24, 2.45) is 0 Å². The summed E-state index contributed by atoms with van der Waals surface area (Å²) in [7, 11) is 0. The Balaban J connectivity index is 1.78. The number of nitrogens with one attached hydrogen (secondary N) is 2. The number of aromatic nitrogens is 3. The van der Waals surface area contributed by atoms with Crippen molar-refractivity contribution in [2.75, 3.05) is 10.6 Å². The average molecular weight is 316 g/mol. The highest BCUT2D eigenvalue weighted by atomic mass is 15.3. The fourth-order valence-corrected chi connectivity index (χ4v) is 2.18. The van der Waals surface area contributed by atoms with Crippen LogP contribution in [0.15, 0.2) is 48.7 Å². The fraction of sp³-hybridized carbons (Fsp3) is 0.111. The van der Waals surface area contributed by atoms with E-state index in [0.29, 0.717) is 17.3 Å². The Morgan fingerprint density at radius 2 is 1.79 bits per heavy atom. The molecule has 0 atom stereocenters. The largest absolute Gasteiger partial charge is 0.339 e. The van der Waals surface area contributed by atoms with Crippen LogP contribution in [0.25, 0.3) is 0 Å². The van der Waals surface area contributed by atoms with E-state index in [0.717, 1.165) is 11.4 Å². The molecule has 0 aliphatic carbocycles. The predicted octanol–water partition coefficient (Wildman–Crippen LogP) is 3.85. The second-order valence-corrected chi connectivity index (χ2v) is 5.41. The molecule has 0 aliphatic rings. The van der Waals surface area contributed by atoms with Gasteiger partial charge < -0.3 is 10.6 Å². The molecular weight excluding hydrogens is 300 g/mol. The van der Waals surface area contributed by atoms with E-state index in [1.54, 1.807) is 24.4 Å². The third-order valence-electron chi connectivity index (χ3n) is 3.59. The maximum absolute atomic E-state index is 8.95. The minimum atomic E-state index is 0.360. The summed E-state index contributed by atoms with van der Waals surface area (Å²) >= 11 is 0. The molecular formula is C18H16N6. The van der Waals surface area contributed by atoms with Crippen LogP contribution in [0.2, 0.25) is 0 Å². The first kappa shape index (κ1) is 15.4. The van der Waals surface area contributed by atoms with Crippen molar-refractivity contribution in [3.8, 4) is 6.07 Å². The second-order valence-electron chi connectivity index (χ2n) is 5.41. The lowest BCUT2D eigenvalue weighted by Gasteiger charge is -2.09. The Hall–Kier alpha value is -3.46. The van der Waals surface area contributed by atoms with E-state index >= 15 is 0 Å². The molecule has 2 aromatic carbocycles. The van der Waals surface area contributed by atoms with Gasteiger partial charge in [0.2, 0.25) is 5.95 Å². The van der Waals surface area contributed by atoms with Crippen molar-refractivity contribution in [2.45, 2.75) is 13.8 Å². The zero-order valence-corrected chi connectivity index (χ0v) is 13.4. The molecule has 118 valence electrons. The fourth-order valence-electron chi connectivity index (χ4n) is 2.18. The molecule has 0 fully saturated rings. The maximum Gasteiger partial charge on any atom is 0.249 e. The lowest BCUT2D eigenvalue weighted by Crippen LogP contribution is -2.02. The highest BCUT2D eigenvalue weighted by Gasteiger charge is 2.03. The highest BCUT2D eigenvalue weighted by molar-refractivity contribution is 5.60. The van der Waals surface area contributed by atoms with E-state index in [-0.39, 0.29) is 0 Å². The highest BCUT2D eigenvalue weighted by Crippen LogP contribution is 2.19. The Labute approximate surface area is 140 Å². The maximum atomic E-state index is 8.95. The lowest BCUT2D eigenvalue weighted by molar-refractivity contribution is 0.982. The molecule has 0 spiro atoms. The van der Waals surface area contributed by atoms with Crippen LogP contribution in [0.4, 0.5) is 23.1 Å². The summed E-state index contributed by atoms with van der Waals surface area (Å²) in [6.07, 6.45) is 1.56. The van der Waals surface area contributed by atoms with Gasteiger partial charge in [0, 0.05) is 11.4 Å². The summed E-state index contributed by atoms with van der Waals surface area (Å²) < 4.78 is 0. The van der Waals surface area contributed by atoms with Crippen molar-refractivity contribution >= 4 is 23.1 Å². The lowest BCUT2D eigenvalue weighted by atomic mass is 10.1. The van der Waals surface area contributed by atoms with Crippen molar-refractivity contribution in [3.63, 3.8) is 0 Å². The molecule has 0 radical (unpaired) electrons. The molecule has 0 amide bonds. The number of anilines is 4. The van der Waals surface area contributed by atoms with E-state index in [1.807, 2.05) is 12.1 Å². The minimum Gasteiger partial charge on any atom is -0.339 e. The van der Waals surface area contributed by atoms with Gasteiger partial charge in [0.05, 0.1) is 17.8 Å². The second kappa shape index (κ2) is 6.75. The molecule has 6 heteroatoms. The summed E-state index contributed by atoms with van der Waals surface area (Å²) in [5, 5.41) is 23.1. The molecule has 1 heterocycles. The third kappa shape index (κ3) is 3.65. The molecule has 3 rings (SSSR count). The first-order chi connectivity index (χ1) is 11.6. The number of benzene rings is 2. The van der Waals surface area contributed by atoms with Crippen molar-refractivity contribution < 1.29 is 0 Å². The summed E-state index contributed by atoms with van der Waals surface area (Å²) in [4.78, 5) is 4.39. The zero-order chi connectivity index (χ0) is 16.9. The zero-order valence-electron chi connectivity index (χ0n) is 13.4. The van der Waals surface area contributed by atoms with E-state index < -0.39 is 0 Å². The number of hydrogen-bond donors (Lipinski definition) is 2. The van der Waals surface area contributed by atoms with Gasteiger partial charge in [-0.05, 0) is 55.3 Å². The number of nitrogens with zero attached hydrogens (tertiary/aromatic N) is 4. The van der Waals surface area contributed by atoms with Crippen LogP contribution in [0.3, 0.4) is 0 Å². The minimum absolute atomic E-state index is 0.360. The van der Waals surface area contributed by atoms with Crippen LogP contribution in [0.1, 0.15) is 16.7 Å². The smallest absolute Gasteiger partial charge is 0.249 e. The number of rotatable bonds is 4. The molecule has 0 aliphatic heterocycles. The van der Waals surface area contributed by atoms with Gasteiger partial charge in [-0.1, -0.05) is 12.1 Å². The summed E-state index contributed by atoms with van der Waals surface area (Å²) in [6.45, 7) is 4.14. The number of hydrogen-bond acceptors (Lipinski definition) is 6. The molecule has 3 aromatic rings. The average Bonchev–Trinajstić information content (AvgIpc) is 2.59. The summed E-state index contributed by atoms with van der Waals surface area (Å²) in [5.74, 6) is 0.950. The number of aryl methyl sites for hydroxylation is 2. The van der Waals surface area contributed by atoms with Crippen molar-refractivity contribution in [1.82, 2.24) is 15.2 Å². The molecule has 0 unspecified atom stereocenters. The van der Waals surface area contributed by atoms with Crippen LogP contribution in [-0.4, -0.2) is 15.2 Å². The monoisotopic (exact) mass is 316 g/mol. The number of nitriles is 1. The normalized spacial score (nSPS) is 10.0. The molecule has 0 bridgehead atoms. The van der Waals surface area contributed by atoms with Crippen LogP contribution in [0, 0.1) is 25.2 Å². The van der Waals surface area contributed by atoms with E-state index in [9.17, 15) is 0 Å². The van der Waals surface area contributed by atoms with E-state index in [4.69, 9.17) is 5.26 Å². The van der Waals surface area contributed by atoms with Crippen LogP contribution in [0.5, 0.6) is 0 Å². The van der Waals surface area contributed by atoms with Gasteiger partial charge in [-0.15, -0.1) is 5.10 Å². The van der Waals surface area contributed by atoms with E-state index in [1.165, 1.54) is 11.1 Å². The van der Waals surface area contributed by atoms with Crippen LogP contribution < -0.4 is 10.6 Å². The van der Waals surface area contributed by atoms with Crippen LogP contribution >= 0.6 is 0 Å². The quantitative estimate of drug-likeness (QED) is 0.760. The Morgan fingerprint density at radius 3 is 2.58 bits per heavy atom. The first-order valence-corrected chi connectivity index (χ1v) is 7.45. The molecule has 2 N–H and O–H groups in total. The van der Waals surface area contributed by atoms with Gasteiger partial charge >= 0.3 is 0 Å². The van der Waals surface area contributed by atoms with Crippen molar-refractivity contribution in [3.05, 3.63) is 65.4 Å². The van der Waals surface area contributed by atoms with Gasteiger partial charge in [-0.3, -0.25) is 0 Å². The molecule has 0 saturated heterocycles. The third-order valence-corrected chi connectivity index (χ3v) is 3.59. The van der Waals surface area contributed by atoms with Crippen LogP contribution in [-0.2, 0) is 0 Å². The van der Waals surface area contributed by atoms with Gasteiger partial charge in [-0.2, -0.15) is 15.3 Å². The predicted molar refractivity (Wildman–Crippen MR) is 93.5 cm³/mol. The van der Waals surface area contributed by atoms with Gasteiger partial charge in [-0.25, -0.2) is 0 Å². The summed E-state index contributed by atoms with van der Waals surface area (Å²) in [5.41, 5.74) is 4.68. The molecule has 24 heavy (non-hydrogen) atoms. The Morgan fingerprint density at radius 1 is 0.958 bits per heavy atom. The molecule has 6 nitrogen and oxygen atoms in total. The molecule has 1 aromatic heterocycles.